The van der Waals surface area contributed by atoms with E-state index in [1.165, 1.54) is 12.2 Å². The van der Waals surface area contributed by atoms with Gasteiger partial charge in [-0.15, -0.1) is 0 Å². The predicted octanol–water partition coefficient (Wildman–Crippen LogP) is 2.51. The quantitative estimate of drug-likeness (QED) is 0.799. The minimum atomic E-state index is -0.424. The zero-order chi connectivity index (χ0) is 16.3. The van der Waals surface area contributed by atoms with Crippen molar-refractivity contribution in [3.63, 3.8) is 0 Å². The molecule has 0 unspecified atom stereocenters. The summed E-state index contributed by atoms with van der Waals surface area (Å²) in [4.78, 5) is 0. The number of hydrogen-bond acceptors (Lipinski definition) is 4. The van der Waals surface area contributed by atoms with E-state index in [0.29, 0.717) is 17.1 Å². The zero-order valence-electron chi connectivity index (χ0n) is 13.7. The van der Waals surface area contributed by atoms with Gasteiger partial charge in [0.1, 0.15) is 23.1 Å². The summed E-state index contributed by atoms with van der Waals surface area (Å²) in [5.41, 5.74) is 8.43. The van der Waals surface area contributed by atoms with Crippen molar-refractivity contribution in [2.45, 2.75) is 26.3 Å². The molecule has 3 N–H and O–H groups in total. The Morgan fingerprint density at radius 3 is 2.73 bits per heavy atom. The smallest absolute Gasteiger partial charge is 0.137 e. The molecular weight excluding hydrogens is 296 g/mol. The molecule has 22 heavy (non-hydrogen) atoms. The van der Waals surface area contributed by atoms with Gasteiger partial charge in [-0.05, 0) is 44.3 Å². The maximum Gasteiger partial charge on any atom is 0.137 e. The molecule has 7 heteroatoms. The molecule has 0 aliphatic carbocycles. The third kappa shape index (κ3) is 3.83. The van der Waals surface area contributed by atoms with E-state index >= 15 is 0 Å². The molecule has 0 amide bonds. The van der Waals surface area contributed by atoms with Gasteiger partial charge in [0.05, 0.1) is 5.69 Å². The Labute approximate surface area is 133 Å². The molecule has 0 aliphatic rings. The summed E-state index contributed by atoms with van der Waals surface area (Å²) in [5, 5.41) is 20.5. The van der Waals surface area contributed by atoms with Gasteiger partial charge >= 0.3 is 0 Å². The number of nitrogens with one attached hydrogen (secondary N) is 1. The SMILES string of the molecule is Cc1nn(CCCCS(C)(C)C)cc1-c1n[nH]c(N)c1C#N. The second-order valence-electron chi connectivity index (χ2n) is 6.37. The van der Waals surface area contributed by atoms with Crippen LogP contribution in [0, 0.1) is 18.3 Å². The number of H-pyrrole nitrogens is 1. The van der Waals surface area contributed by atoms with E-state index in [1.54, 1.807) is 0 Å². The van der Waals surface area contributed by atoms with Crippen LogP contribution in [0.4, 0.5) is 5.82 Å². The van der Waals surface area contributed by atoms with Gasteiger partial charge in [0.25, 0.3) is 0 Å². The number of nitriles is 1. The van der Waals surface area contributed by atoms with E-state index in [4.69, 9.17) is 5.73 Å². The summed E-state index contributed by atoms with van der Waals surface area (Å²) in [6, 6.07) is 2.09. The summed E-state index contributed by atoms with van der Waals surface area (Å²) in [6.07, 6.45) is 11.3. The van der Waals surface area contributed by atoms with Crippen LogP contribution in [0.5, 0.6) is 0 Å². The van der Waals surface area contributed by atoms with Crippen LogP contribution in [0.2, 0.25) is 0 Å². The summed E-state index contributed by atoms with van der Waals surface area (Å²) in [7, 11) is -0.424. The molecular formula is C15H24N6S. The van der Waals surface area contributed by atoms with Gasteiger partial charge in [-0.25, -0.2) is 10.0 Å². The van der Waals surface area contributed by atoms with Crippen LogP contribution < -0.4 is 5.73 Å². The number of hydrogen-bond donors (Lipinski definition) is 2. The molecule has 0 saturated carbocycles. The summed E-state index contributed by atoms with van der Waals surface area (Å²) < 4.78 is 1.94. The van der Waals surface area contributed by atoms with Crippen molar-refractivity contribution in [1.82, 2.24) is 20.0 Å². The summed E-state index contributed by atoms with van der Waals surface area (Å²) in [6.45, 7) is 2.81. The third-order valence-corrected chi connectivity index (χ3v) is 5.01. The Bertz CT molecular complexity index is 686. The maximum absolute atomic E-state index is 9.18. The molecule has 2 aromatic rings. The standard InChI is InChI=1S/C15H24N6S/c1-11-13(14-12(9-16)15(17)19-18-14)10-21(20-11)7-5-6-8-22(2,3)4/h10H,5-8H2,1-4H3,(H3,17,18,19). The monoisotopic (exact) mass is 320 g/mol. The van der Waals surface area contributed by atoms with Crippen molar-refractivity contribution < 1.29 is 0 Å². The molecule has 2 rings (SSSR count). The lowest BCUT2D eigenvalue weighted by molar-refractivity contribution is 0.570. The average molecular weight is 320 g/mol. The van der Waals surface area contributed by atoms with Gasteiger partial charge in [-0.3, -0.25) is 9.78 Å². The number of aryl methyl sites for hydroxylation is 2. The highest BCUT2D eigenvalue weighted by molar-refractivity contribution is 8.32. The van der Waals surface area contributed by atoms with Gasteiger partial charge in [-0.1, -0.05) is 0 Å². The van der Waals surface area contributed by atoms with Crippen LogP contribution in [-0.2, 0) is 6.54 Å². The van der Waals surface area contributed by atoms with Crippen LogP contribution in [0.3, 0.4) is 0 Å². The van der Waals surface area contributed by atoms with Crippen molar-refractivity contribution in [3.05, 3.63) is 17.5 Å². The predicted molar refractivity (Wildman–Crippen MR) is 93.1 cm³/mol. The number of aromatic amines is 1. The first kappa shape index (κ1) is 16.4. The van der Waals surface area contributed by atoms with E-state index in [0.717, 1.165) is 24.2 Å². The molecule has 0 radical (unpaired) electrons. The van der Waals surface area contributed by atoms with Crippen LogP contribution in [0.1, 0.15) is 24.1 Å². The molecule has 0 saturated heterocycles. The largest absolute Gasteiger partial charge is 0.383 e. The van der Waals surface area contributed by atoms with Crippen molar-refractivity contribution >= 4 is 15.8 Å². The second kappa shape index (κ2) is 6.44. The van der Waals surface area contributed by atoms with Gasteiger partial charge < -0.3 is 5.73 Å². The molecule has 0 atom stereocenters. The minimum absolute atomic E-state index is 0.304. The molecule has 0 spiro atoms. The maximum atomic E-state index is 9.18. The Morgan fingerprint density at radius 2 is 2.09 bits per heavy atom. The molecule has 0 aliphatic heterocycles. The van der Waals surface area contributed by atoms with E-state index in [9.17, 15) is 5.26 Å². The third-order valence-electron chi connectivity index (χ3n) is 3.50. The number of nitrogens with two attached hydrogens (primary N) is 1. The first-order valence-corrected chi connectivity index (χ1v) is 10.3. The van der Waals surface area contributed by atoms with Crippen molar-refractivity contribution in [1.29, 1.82) is 5.26 Å². The molecule has 2 heterocycles. The van der Waals surface area contributed by atoms with Crippen molar-refractivity contribution in [3.8, 4) is 17.3 Å². The highest BCUT2D eigenvalue weighted by atomic mass is 32.3. The first-order chi connectivity index (χ1) is 10.3. The van der Waals surface area contributed by atoms with E-state index in [2.05, 4.69) is 40.1 Å². The molecule has 120 valence electrons. The zero-order valence-corrected chi connectivity index (χ0v) is 14.5. The first-order valence-electron chi connectivity index (χ1n) is 7.26. The fourth-order valence-corrected chi connectivity index (χ4v) is 3.41. The molecule has 0 fully saturated rings. The van der Waals surface area contributed by atoms with E-state index in [-0.39, 0.29) is 0 Å². The number of anilines is 1. The van der Waals surface area contributed by atoms with Crippen LogP contribution >= 0.6 is 10.0 Å². The highest BCUT2D eigenvalue weighted by Gasteiger charge is 2.17. The normalized spacial score (nSPS) is 12.3. The molecule has 0 bridgehead atoms. The van der Waals surface area contributed by atoms with Crippen molar-refractivity contribution in [2.24, 2.45) is 0 Å². The number of nitrogens with zero attached hydrogens (tertiary/aromatic N) is 4. The molecule has 2 aromatic heterocycles. The number of nitrogen functional groups attached to an aromatic ring is 1. The second-order valence-corrected chi connectivity index (χ2v) is 11.0. The topological polar surface area (TPSA) is 96.3 Å². The van der Waals surface area contributed by atoms with E-state index < -0.39 is 10.0 Å². The Morgan fingerprint density at radius 1 is 1.36 bits per heavy atom. The lowest BCUT2D eigenvalue weighted by atomic mass is 10.1. The summed E-state index contributed by atoms with van der Waals surface area (Å²) in [5.74, 6) is 1.59. The van der Waals surface area contributed by atoms with E-state index in [1.807, 2.05) is 17.8 Å². The molecule has 6 nitrogen and oxygen atoms in total. The Balaban J connectivity index is 2.07. The Hall–Kier alpha value is -1.94. The van der Waals surface area contributed by atoms with Gasteiger partial charge in [0.2, 0.25) is 0 Å². The van der Waals surface area contributed by atoms with Gasteiger partial charge in [0.15, 0.2) is 0 Å². The van der Waals surface area contributed by atoms with Crippen LogP contribution in [-0.4, -0.2) is 44.5 Å². The average Bonchev–Trinajstić information content (AvgIpc) is 2.96. The number of unbranched alkanes of at least 4 members (excludes halogenated alkanes) is 1. The summed E-state index contributed by atoms with van der Waals surface area (Å²) >= 11 is 0. The lowest BCUT2D eigenvalue weighted by Crippen LogP contribution is -2.03. The highest BCUT2D eigenvalue weighted by Crippen LogP contribution is 2.35. The van der Waals surface area contributed by atoms with Crippen molar-refractivity contribution in [2.75, 3.05) is 30.3 Å². The fourth-order valence-electron chi connectivity index (χ4n) is 2.34. The Kier molecular flexibility index (Phi) is 4.81. The fraction of sp³-hybridized carbons (Fsp3) is 0.533. The molecule has 0 aromatic carbocycles. The van der Waals surface area contributed by atoms with Crippen LogP contribution in [0.25, 0.3) is 11.3 Å². The van der Waals surface area contributed by atoms with Gasteiger partial charge in [0, 0.05) is 18.3 Å². The number of rotatable bonds is 6. The van der Waals surface area contributed by atoms with Crippen LogP contribution in [0.15, 0.2) is 6.20 Å². The lowest BCUT2D eigenvalue weighted by Gasteiger charge is -2.24. The van der Waals surface area contributed by atoms with Gasteiger partial charge in [-0.2, -0.15) is 15.5 Å². The minimum Gasteiger partial charge on any atom is -0.383 e. The number of aromatic nitrogens is 4.